The molecule has 7 heteroatoms. The number of hydrogen-bond acceptors (Lipinski definition) is 3. The first-order valence-corrected chi connectivity index (χ1v) is 9.89. The van der Waals surface area contributed by atoms with E-state index in [2.05, 4.69) is 0 Å². The van der Waals surface area contributed by atoms with Gasteiger partial charge in [-0.1, -0.05) is 35.9 Å². The van der Waals surface area contributed by atoms with Crippen LogP contribution >= 0.6 is 11.6 Å². The zero-order chi connectivity index (χ0) is 21.1. The summed E-state index contributed by atoms with van der Waals surface area (Å²) in [5.74, 6) is -0.617. The maximum absolute atomic E-state index is 12.8. The number of rotatable bonds is 5. The summed E-state index contributed by atoms with van der Waals surface area (Å²) in [6.07, 6.45) is 0. The number of anilines is 1. The van der Waals surface area contributed by atoms with E-state index in [0.717, 1.165) is 11.1 Å². The van der Waals surface area contributed by atoms with Crippen LogP contribution in [0.15, 0.2) is 42.5 Å². The molecule has 152 valence electrons. The summed E-state index contributed by atoms with van der Waals surface area (Å²) in [4.78, 5) is 42.7. The number of hydrogen-bond donors (Lipinski definition) is 0. The van der Waals surface area contributed by atoms with Gasteiger partial charge in [0.1, 0.15) is 19.8 Å². The zero-order valence-electron chi connectivity index (χ0n) is 16.8. The fourth-order valence-corrected chi connectivity index (χ4v) is 3.56. The molecule has 0 spiro atoms. The van der Waals surface area contributed by atoms with E-state index in [1.807, 2.05) is 39.0 Å². The molecule has 0 radical (unpaired) electrons. The van der Waals surface area contributed by atoms with Crippen molar-refractivity contribution in [2.24, 2.45) is 0 Å². The molecule has 0 N–H and O–H groups in total. The maximum Gasteiger partial charge on any atom is 0.254 e. The van der Waals surface area contributed by atoms with Gasteiger partial charge in [-0.2, -0.15) is 0 Å². The third-order valence-electron chi connectivity index (χ3n) is 5.19. The average molecular weight is 414 g/mol. The van der Waals surface area contributed by atoms with Gasteiger partial charge in [0.2, 0.25) is 11.8 Å². The number of carbonyl (C=O) groups is 3. The van der Waals surface area contributed by atoms with Crippen molar-refractivity contribution in [1.82, 2.24) is 9.80 Å². The van der Waals surface area contributed by atoms with Crippen LogP contribution < -0.4 is 4.90 Å². The normalized spacial score (nSPS) is 13.7. The second-order valence-electron chi connectivity index (χ2n) is 7.07. The van der Waals surface area contributed by atoms with Crippen LogP contribution in [-0.4, -0.2) is 53.8 Å². The average Bonchev–Trinajstić information content (AvgIpc) is 3.09. The molecule has 0 atom stereocenters. The summed E-state index contributed by atoms with van der Waals surface area (Å²) < 4.78 is 0. The zero-order valence-corrected chi connectivity index (χ0v) is 17.6. The summed E-state index contributed by atoms with van der Waals surface area (Å²) in [5, 5.41) is 0.570. The monoisotopic (exact) mass is 413 g/mol. The minimum atomic E-state index is -0.260. The highest BCUT2D eigenvalue weighted by atomic mass is 35.5. The van der Waals surface area contributed by atoms with Crippen LogP contribution in [0.3, 0.4) is 0 Å². The molecule has 0 aliphatic carbocycles. The molecule has 0 aromatic heterocycles. The van der Waals surface area contributed by atoms with Crippen molar-refractivity contribution in [3.05, 3.63) is 64.2 Å². The van der Waals surface area contributed by atoms with Crippen molar-refractivity contribution < 1.29 is 14.4 Å². The number of carbonyl (C=O) groups excluding carboxylic acids is 3. The van der Waals surface area contributed by atoms with Crippen molar-refractivity contribution >= 4 is 35.0 Å². The molecule has 1 fully saturated rings. The Morgan fingerprint density at radius 2 is 1.83 bits per heavy atom. The van der Waals surface area contributed by atoms with Gasteiger partial charge in [-0.3, -0.25) is 19.3 Å². The Hall–Kier alpha value is -2.86. The van der Waals surface area contributed by atoms with Crippen LogP contribution in [0.25, 0.3) is 0 Å². The molecular formula is C22H24ClN3O3. The van der Waals surface area contributed by atoms with Gasteiger partial charge in [-0.05, 0) is 50.1 Å². The minimum Gasteiger partial charge on any atom is -0.330 e. The lowest BCUT2D eigenvalue weighted by molar-refractivity contribution is -0.132. The molecule has 6 nitrogen and oxygen atoms in total. The first-order chi connectivity index (χ1) is 13.8. The SMILES string of the molecule is CCN(CC(=O)N1CC(=O)N(c2cccc(Cl)c2C)C1)C(=O)c1ccccc1C. The molecule has 2 aromatic rings. The quantitative estimate of drug-likeness (QED) is 0.755. The molecule has 0 bridgehead atoms. The highest BCUT2D eigenvalue weighted by Gasteiger charge is 2.33. The van der Waals surface area contributed by atoms with Crippen LogP contribution in [0.4, 0.5) is 5.69 Å². The predicted molar refractivity (Wildman–Crippen MR) is 113 cm³/mol. The Balaban J connectivity index is 1.72. The van der Waals surface area contributed by atoms with Crippen LogP contribution in [0.2, 0.25) is 5.02 Å². The number of nitrogens with zero attached hydrogens (tertiary/aromatic N) is 3. The third-order valence-corrected chi connectivity index (χ3v) is 5.60. The van der Waals surface area contributed by atoms with Crippen molar-refractivity contribution in [2.45, 2.75) is 20.8 Å². The number of benzene rings is 2. The lowest BCUT2D eigenvalue weighted by Crippen LogP contribution is -2.42. The van der Waals surface area contributed by atoms with Gasteiger partial charge in [0, 0.05) is 22.8 Å². The molecule has 1 aliphatic heterocycles. The highest BCUT2D eigenvalue weighted by Crippen LogP contribution is 2.28. The Labute approximate surface area is 175 Å². The van der Waals surface area contributed by atoms with E-state index in [1.165, 1.54) is 9.80 Å². The van der Waals surface area contributed by atoms with Crippen LogP contribution in [0.5, 0.6) is 0 Å². The Morgan fingerprint density at radius 3 is 2.52 bits per heavy atom. The lowest BCUT2D eigenvalue weighted by Gasteiger charge is -2.25. The van der Waals surface area contributed by atoms with Gasteiger partial charge in [0.05, 0.1) is 0 Å². The summed E-state index contributed by atoms with van der Waals surface area (Å²) in [5.41, 5.74) is 2.93. The summed E-state index contributed by atoms with van der Waals surface area (Å²) >= 11 is 6.17. The van der Waals surface area contributed by atoms with Crippen LogP contribution in [0, 0.1) is 13.8 Å². The number of halogens is 1. The number of aryl methyl sites for hydroxylation is 1. The van der Waals surface area contributed by atoms with E-state index in [-0.39, 0.29) is 37.5 Å². The van der Waals surface area contributed by atoms with Crippen molar-refractivity contribution in [3.8, 4) is 0 Å². The molecule has 0 unspecified atom stereocenters. The van der Waals surface area contributed by atoms with E-state index in [1.54, 1.807) is 29.2 Å². The third kappa shape index (κ3) is 4.27. The number of amides is 3. The second-order valence-corrected chi connectivity index (χ2v) is 7.48. The smallest absolute Gasteiger partial charge is 0.254 e. The Morgan fingerprint density at radius 1 is 1.10 bits per heavy atom. The van der Waals surface area contributed by atoms with Gasteiger partial charge in [-0.25, -0.2) is 0 Å². The van der Waals surface area contributed by atoms with Crippen molar-refractivity contribution in [3.63, 3.8) is 0 Å². The second kappa shape index (κ2) is 8.66. The lowest BCUT2D eigenvalue weighted by atomic mass is 10.1. The topological polar surface area (TPSA) is 60.9 Å². The van der Waals surface area contributed by atoms with Crippen molar-refractivity contribution in [2.75, 3.05) is 31.2 Å². The van der Waals surface area contributed by atoms with E-state index in [0.29, 0.717) is 22.8 Å². The summed E-state index contributed by atoms with van der Waals surface area (Å²) in [6, 6.07) is 12.7. The first-order valence-electron chi connectivity index (χ1n) is 9.51. The highest BCUT2D eigenvalue weighted by molar-refractivity contribution is 6.31. The van der Waals surface area contributed by atoms with E-state index in [9.17, 15) is 14.4 Å². The van der Waals surface area contributed by atoms with Crippen molar-refractivity contribution in [1.29, 1.82) is 0 Å². The van der Waals surface area contributed by atoms with Crippen LogP contribution in [-0.2, 0) is 9.59 Å². The minimum absolute atomic E-state index is 0.0130. The van der Waals surface area contributed by atoms with E-state index in [4.69, 9.17) is 11.6 Å². The summed E-state index contributed by atoms with van der Waals surface area (Å²) in [7, 11) is 0. The van der Waals surface area contributed by atoms with E-state index >= 15 is 0 Å². The molecule has 29 heavy (non-hydrogen) atoms. The van der Waals surface area contributed by atoms with Gasteiger partial charge in [-0.15, -0.1) is 0 Å². The Bertz CT molecular complexity index is 960. The maximum atomic E-state index is 12.8. The molecule has 2 aromatic carbocycles. The fourth-order valence-electron chi connectivity index (χ4n) is 3.39. The molecule has 1 aliphatic rings. The molecular weight excluding hydrogens is 390 g/mol. The fraction of sp³-hybridized carbons (Fsp3) is 0.318. The molecule has 3 rings (SSSR count). The molecule has 0 saturated carbocycles. The number of likely N-dealkylation sites (N-methyl/N-ethyl adjacent to an activating group) is 1. The largest absolute Gasteiger partial charge is 0.330 e. The molecule has 3 amide bonds. The van der Waals surface area contributed by atoms with Gasteiger partial charge < -0.3 is 9.80 Å². The van der Waals surface area contributed by atoms with E-state index < -0.39 is 0 Å². The Kier molecular flexibility index (Phi) is 6.23. The van der Waals surface area contributed by atoms with Gasteiger partial charge >= 0.3 is 0 Å². The van der Waals surface area contributed by atoms with Gasteiger partial charge in [0.15, 0.2) is 0 Å². The molecule has 1 heterocycles. The van der Waals surface area contributed by atoms with Crippen LogP contribution in [0.1, 0.15) is 28.4 Å². The standard InChI is InChI=1S/C22H24ClN3O3/c1-4-24(22(29)17-9-6-5-8-15(17)2)12-20(27)25-13-21(28)26(14-25)19-11-7-10-18(23)16(19)3/h5-11H,4,12-14H2,1-3H3. The predicted octanol–water partition coefficient (Wildman–Crippen LogP) is 3.25. The summed E-state index contributed by atoms with van der Waals surface area (Å²) in [6.45, 7) is 6.01. The van der Waals surface area contributed by atoms with Gasteiger partial charge in [0.25, 0.3) is 5.91 Å². The first kappa shape index (κ1) is 20.9. The molecule has 1 saturated heterocycles.